The summed E-state index contributed by atoms with van der Waals surface area (Å²) in [6.07, 6.45) is 0.821. The summed E-state index contributed by atoms with van der Waals surface area (Å²) in [7, 11) is -3.53. The van der Waals surface area contributed by atoms with Crippen LogP contribution in [0.4, 0.5) is 0 Å². The second kappa shape index (κ2) is 7.34. The van der Waals surface area contributed by atoms with Crippen LogP contribution >= 0.6 is 43.2 Å². The Balaban J connectivity index is 2.06. The molecule has 4 nitrogen and oxygen atoms in total. The van der Waals surface area contributed by atoms with Crippen LogP contribution in [0, 0.1) is 0 Å². The molecule has 2 rings (SSSR count). The van der Waals surface area contributed by atoms with Gasteiger partial charge in [0.1, 0.15) is 4.90 Å². The van der Waals surface area contributed by atoms with Gasteiger partial charge in [0.2, 0.25) is 10.0 Å². The number of sulfonamides is 1. The van der Waals surface area contributed by atoms with E-state index < -0.39 is 10.0 Å². The minimum Gasteiger partial charge on any atom is -0.330 e. The van der Waals surface area contributed by atoms with E-state index in [1.54, 1.807) is 6.07 Å². The van der Waals surface area contributed by atoms with Gasteiger partial charge in [-0.3, -0.25) is 0 Å². The van der Waals surface area contributed by atoms with Crippen LogP contribution in [0.5, 0.6) is 0 Å². The lowest BCUT2D eigenvalue weighted by atomic mass is 10.1. The Morgan fingerprint density at radius 3 is 2.29 bits per heavy atom. The summed E-state index contributed by atoms with van der Waals surface area (Å²) in [6, 6.07) is 9.33. The Bertz CT molecular complexity index is 712. The Morgan fingerprint density at radius 1 is 1.14 bits per heavy atom. The third-order valence-electron chi connectivity index (χ3n) is 2.84. The molecule has 0 aliphatic rings. The molecule has 0 aliphatic heterocycles. The van der Waals surface area contributed by atoms with Gasteiger partial charge in [0.25, 0.3) is 0 Å². The van der Waals surface area contributed by atoms with Crippen molar-refractivity contribution in [2.45, 2.75) is 17.9 Å². The number of halogens is 2. The maximum absolute atomic E-state index is 12.2. The molecule has 0 amide bonds. The highest BCUT2D eigenvalue weighted by molar-refractivity contribution is 9.12. The van der Waals surface area contributed by atoms with Gasteiger partial charge in [-0.25, -0.2) is 13.1 Å². The molecule has 0 atom stereocenters. The number of benzene rings is 1. The quantitative estimate of drug-likeness (QED) is 0.704. The van der Waals surface area contributed by atoms with Crippen LogP contribution in [0.15, 0.2) is 42.8 Å². The molecule has 0 saturated carbocycles. The minimum absolute atomic E-state index is 0.249. The summed E-state index contributed by atoms with van der Waals surface area (Å²) in [4.78, 5) is 0.249. The average Bonchev–Trinajstić information content (AvgIpc) is 2.78. The maximum atomic E-state index is 12.2. The zero-order chi connectivity index (χ0) is 15.5. The van der Waals surface area contributed by atoms with Crippen molar-refractivity contribution in [1.82, 2.24) is 4.72 Å². The minimum atomic E-state index is -3.53. The van der Waals surface area contributed by atoms with Gasteiger partial charge < -0.3 is 5.73 Å². The molecule has 2 aromatic rings. The molecular formula is C13H14Br2N2O2S2. The normalized spacial score (nSPS) is 11.8. The van der Waals surface area contributed by atoms with Gasteiger partial charge in [0.15, 0.2) is 0 Å². The fourth-order valence-corrected chi connectivity index (χ4v) is 6.58. The molecule has 0 bridgehead atoms. The predicted molar refractivity (Wildman–Crippen MR) is 92.9 cm³/mol. The van der Waals surface area contributed by atoms with Crippen LogP contribution < -0.4 is 10.5 Å². The summed E-state index contributed by atoms with van der Waals surface area (Å²) in [5.41, 5.74) is 7.55. The van der Waals surface area contributed by atoms with Crippen molar-refractivity contribution in [1.29, 1.82) is 0 Å². The Kier molecular flexibility index (Phi) is 5.98. The van der Waals surface area contributed by atoms with Crippen LogP contribution in [-0.2, 0) is 23.0 Å². The molecule has 0 saturated heterocycles. The van der Waals surface area contributed by atoms with Crippen LogP contribution in [0.1, 0.15) is 11.1 Å². The highest BCUT2D eigenvalue weighted by Crippen LogP contribution is 2.34. The highest BCUT2D eigenvalue weighted by Gasteiger charge is 2.20. The van der Waals surface area contributed by atoms with E-state index in [1.807, 2.05) is 24.3 Å². The lowest BCUT2D eigenvalue weighted by molar-refractivity contribution is 0.581. The summed E-state index contributed by atoms with van der Waals surface area (Å²) >= 11 is 7.87. The zero-order valence-electron chi connectivity index (χ0n) is 11.0. The molecule has 0 radical (unpaired) electrons. The maximum Gasteiger partial charge on any atom is 0.242 e. The van der Waals surface area contributed by atoms with E-state index in [9.17, 15) is 8.42 Å². The van der Waals surface area contributed by atoms with Crippen molar-refractivity contribution < 1.29 is 8.42 Å². The van der Waals surface area contributed by atoms with E-state index in [0.717, 1.165) is 21.3 Å². The van der Waals surface area contributed by atoms with Gasteiger partial charge in [-0.05, 0) is 62.0 Å². The number of rotatable bonds is 6. The van der Waals surface area contributed by atoms with Crippen molar-refractivity contribution in [3.8, 4) is 0 Å². The standard InChI is InChI=1S/C13H14Br2N2O2S2/c14-12-7-11(13(15)20-12)21(18,19)17-8-10-3-1-9(2-4-10)5-6-16/h1-4,7,17H,5-6,8,16H2. The van der Waals surface area contributed by atoms with Crippen LogP contribution in [-0.4, -0.2) is 15.0 Å². The molecule has 1 heterocycles. The molecule has 0 aliphatic carbocycles. The van der Waals surface area contributed by atoms with Gasteiger partial charge in [-0.2, -0.15) is 0 Å². The third-order valence-corrected chi connectivity index (χ3v) is 6.99. The summed E-state index contributed by atoms with van der Waals surface area (Å²) in [5, 5.41) is 0. The van der Waals surface area contributed by atoms with E-state index in [-0.39, 0.29) is 11.4 Å². The van der Waals surface area contributed by atoms with E-state index >= 15 is 0 Å². The molecule has 114 valence electrons. The second-order valence-electron chi connectivity index (χ2n) is 4.37. The lowest BCUT2D eigenvalue weighted by Crippen LogP contribution is -2.23. The largest absolute Gasteiger partial charge is 0.330 e. The third kappa shape index (κ3) is 4.61. The summed E-state index contributed by atoms with van der Waals surface area (Å²) in [5.74, 6) is 0. The van der Waals surface area contributed by atoms with Crippen molar-refractivity contribution >= 4 is 53.2 Å². The lowest BCUT2D eigenvalue weighted by Gasteiger charge is -2.07. The first-order chi connectivity index (χ1) is 9.92. The van der Waals surface area contributed by atoms with E-state index in [4.69, 9.17) is 5.73 Å². The van der Waals surface area contributed by atoms with Gasteiger partial charge in [-0.1, -0.05) is 24.3 Å². The van der Waals surface area contributed by atoms with Gasteiger partial charge in [-0.15, -0.1) is 11.3 Å². The number of thiophene rings is 1. The molecule has 1 aromatic carbocycles. The molecule has 1 aromatic heterocycles. The number of hydrogen-bond donors (Lipinski definition) is 2. The van der Waals surface area contributed by atoms with Gasteiger partial charge >= 0.3 is 0 Å². The summed E-state index contributed by atoms with van der Waals surface area (Å²) < 4.78 is 28.4. The van der Waals surface area contributed by atoms with E-state index in [0.29, 0.717) is 10.3 Å². The van der Waals surface area contributed by atoms with E-state index in [1.165, 1.54) is 11.3 Å². The van der Waals surface area contributed by atoms with E-state index in [2.05, 4.69) is 36.6 Å². The summed E-state index contributed by atoms with van der Waals surface area (Å²) in [6.45, 7) is 0.859. The first kappa shape index (κ1) is 17.1. The number of nitrogens with one attached hydrogen (secondary N) is 1. The molecule has 0 spiro atoms. The smallest absolute Gasteiger partial charge is 0.242 e. The molecule has 8 heteroatoms. The van der Waals surface area contributed by atoms with Crippen molar-refractivity contribution in [2.24, 2.45) is 5.73 Å². The Morgan fingerprint density at radius 2 is 1.76 bits per heavy atom. The van der Waals surface area contributed by atoms with Gasteiger partial charge in [0.05, 0.1) is 7.57 Å². The monoisotopic (exact) mass is 452 g/mol. The fraction of sp³-hybridized carbons (Fsp3) is 0.231. The molecule has 0 unspecified atom stereocenters. The van der Waals surface area contributed by atoms with Crippen molar-refractivity contribution in [3.05, 3.63) is 49.0 Å². The first-order valence-electron chi connectivity index (χ1n) is 6.15. The highest BCUT2D eigenvalue weighted by atomic mass is 79.9. The van der Waals surface area contributed by atoms with Gasteiger partial charge in [0, 0.05) is 6.54 Å². The van der Waals surface area contributed by atoms with Crippen LogP contribution in [0.25, 0.3) is 0 Å². The van der Waals surface area contributed by atoms with Crippen molar-refractivity contribution in [3.63, 3.8) is 0 Å². The Hall–Kier alpha value is -0.250. The fourth-order valence-electron chi connectivity index (χ4n) is 1.75. The molecule has 0 fully saturated rings. The number of hydrogen-bond acceptors (Lipinski definition) is 4. The molecule has 3 N–H and O–H groups in total. The molecule has 21 heavy (non-hydrogen) atoms. The molecular weight excluding hydrogens is 440 g/mol. The van der Waals surface area contributed by atoms with Crippen LogP contribution in [0.2, 0.25) is 0 Å². The van der Waals surface area contributed by atoms with Crippen LogP contribution in [0.3, 0.4) is 0 Å². The average molecular weight is 454 g/mol. The Labute approximate surface area is 145 Å². The first-order valence-corrected chi connectivity index (χ1v) is 10.0. The second-order valence-corrected chi connectivity index (χ2v) is 9.85. The SMILES string of the molecule is NCCc1ccc(CNS(=O)(=O)c2cc(Br)sc2Br)cc1. The number of nitrogens with two attached hydrogens (primary N) is 1. The predicted octanol–water partition coefficient (Wildman–Crippen LogP) is 3.25. The topological polar surface area (TPSA) is 72.2 Å². The zero-order valence-corrected chi connectivity index (χ0v) is 15.8. The van der Waals surface area contributed by atoms with Crippen molar-refractivity contribution in [2.75, 3.05) is 6.54 Å².